The van der Waals surface area contributed by atoms with E-state index in [-0.39, 0.29) is 17.0 Å². The van der Waals surface area contributed by atoms with Gasteiger partial charge in [0.1, 0.15) is 5.69 Å². The summed E-state index contributed by atoms with van der Waals surface area (Å²) in [5.74, 6) is 2.34. The molecular weight excluding hydrogens is 290 g/mol. The lowest BCUT2D eigenvalue weighted by Crippen LogP contribution is -2.24. The van der Waals surface area contributed by atoms with Crippen molar-refractivity contribution in [3.63, 3.8) is 0 Å². The quantitative estimate of drug-likeness (QED) is 0.498. The maximum absolute atomic E-state index is 13.4. The van der Waals surface area contributed by atoms with Gasteiger partial charge in [-0.05, 0) is 12.1 Å². The molecule has 0 fully saturated rings. The van der Waals surface area contributed by atoms with Crippen molar-refractivity contribution in [2.45, 2.75) is 6.54 Å². The van der Waals surface area contributed by atoms with Gasteiger partial charge in [0.15, 0.2) is 11.6 Å². The number of aromatic nitrogens is 1. The van der Waals surface area contributed by atoms with Crippen LogP contribution in [0.1, 0.15) is 16.1 Å². The molecule has 0 atom stereocenters. The number of carbonyl (C=O) groups is 1. The molecule has 5 N–H and O–H groups in total. The Hall–Kier alpha value is -2.26. The number of H-pyrrole nitrogens is 1. The van der Waals surface area contributed by atoms with Gasteiger partial charge in [-0.3, -0.25) is 15.4 Å². The van der Waals surface area contributed by atoms with Gasteiger partial charge in [0.25, 0.3) is 5.91 Å². The van der Waals surface area contributed by atoms with Crippen LogP contribution in [-0.4, -0.2) is 10.9 Å². The van der Waals surface area contributed by atoms with E-state index in [0.29, 0.717) is 5.69 Å². The number of nitrogens with two attached hydrogens (primary N) is 1. The highest BCUT2D eigenvalue weighted by molar-refractivity contribution is 7.07. The van der Waals surface area contributed by atoms with Crippen molar-refractivity contribution in [2.75, 3.05) is 5.43 Å². The summed E-state index contributed by atoms with van der Waals surface area (Å²) in [5, 5.41) is 3.98. The molecule has 0 aliphatic rings. The number of hydrogen-bond donors (Lipinski definition) is 4. The molecule has 0 saturated heterocycles. The lowest BCUT2D eigenvalue weighted by molar-refractivity contribution is 0.0949. The minimum absolute atomic E-state index is 0.0533. The van der Waals surface area contributed by atoms with E-state index in [9.17, 15) is 18.4 Å². The number of anilines is 1. The molecule has 1 aromatic carbocycles. The Morgan fingerprint density at radius 1 is 1.35 bits per heavy atom. The summed E-state index contributed by atoms with van der Waals surface area (Å²) in [5.41, 5.74) is 1.68. The molecule has 6 nitrogen and oxygen atoms in total. The van der Waals surface area contributed by atoms with Crippen LogP contribution >= 0.6 is 11.3 Å². The maximum Gasteiger partial charge on any atom is 0.304 e. The number of nitrogen functional groups attached to an aromatic ring is 1. The average Bonchev–Trinajstić information content (AvgIpc) is 2.81. The fraction of sp³-hybridized carbons (Fsp3) is 0.0909. The molecule has 1 heterocycles. The van der Waals surface area contributed by atoms with Crippen molar-refractivity contribution in [1.29, 1.82) is 0 Å². The monoisotopic (exact) mass is 300 g/mol. The smallest absolute Gasteiger partial charge is 0.304 e. The largest absolute Gasteiger partial charge is 0.346 e. The second-order valence-electron chi connectivity index (χ2n) is 3.82. The van der Waals surface area contributed by atoms with E-state index in [4.69, 9.17) is 5.84 Å². The molecule has 1 amide bonds. The van der Waals surface area contributed by atoms with E-state index in [1.807, 2.05) is 5.43 Å². The Balaban J connectivity index is 2.11. The number of amides is 1. The Labute approximate surface area is 115 Å². The third kappa shape index (κ3) is 3.00. The highest BCUT2D eigenvalue weighted by atomic mass is 32.1. The van der Waals surface area contributed by atoms with E-state index < -0.39 is 23.2 Å². The molecular formula is C11H10F2N4O2S. The number of hydrazine groups is 1. The molecule has 2 rings (SSSR count). The summed E-state index contributed by atoms with van der Waals surface area (Å²) in [6, 6.07) is 1.73. The van der Waals surface area contributed by atoms with Gasteiger partial charge in [0.2, 0.25) is 0 Å². The first-order valence-electron chi connectivity index (χ1n) is 5.42. The van der Waals surface area contributed by atoms with Crippen LogP contribution in [-0.2, 0) is 6.54 Å². The number of benzene rings is 1. The Morgan fingerprint density at radius 2 is 2.00 bits per heavy atom. The van der Waals surface area contributed by atoms with Crippen molar-refractivity contribution >= 4 is 22.9 Å². The van der Waals surface area contributed by atoms with Gasteiger partial charge in [-0.25, -0.2) is 8.78 Å². The molecule has 20 heavy (non-hydrogen) atoms. The van der Waals surface area contributed by atoms with Crippen molar-refractivity contribution in [3.8, 4) is 0 Å². The molecule has 0 radical (unpaired) electrons. The number of nitrogens with one attached hydrogen (secondary N) is 3. The number of aromatic amines is 1. The Morgan fingerprint density at radius 3 is 2.50 bits per heavy atom. The molecule has 0 aliphatic heterocycles. The van der Waals surface area contributed by atoms with E-state index in [1.54, 1.807) is 5.38 Å². The Kier molecular flexibility index (Phi) is 4.11. The predicted octanol–water partition coefficient (Wildman–Crippen LogP) is 0.930. The Bertz CT molecular complexity index is 675. The third-order valence-electron chi connectivity index (χ3n) is 2.46. The van der Waals surface area contributed by atoms with E-state index in [2.05, 4.69) is 10.3 Å². The zero-order valence-electron chi connectivity index (χ0n) is 10.00. The summed E-state index contributed by atoms with van der Waals surface area (Å²) < 4.78 is 26.9. The molecule has 106 valence electrons. The van der Waals surface area contributed by atoms with Crippen LogP contribution in [0.15, 0.2) is 22.3 Å². The first kappa shape index (κ1) is 14.2. The molecule has 0 unspecified atom stereocenters. The summed E-state index contributed by atoms with van der Waals surface area (Å²) >= 11 is 0.957. The second-order valence-corrected chi connectivity index (χ2v) is 4.66. The minimum Gasteiger partial charge on any atom is -0.346 e. The number of rotatable bonds is 4. The van der Waals surface area contributed by atoms with Gasteiger partial charge >= 0.3 is 4.87 Å². The summed E-state index contributed by atoms with van der Waals surface area (Å²) in [6.45, 7) is 0.0533. The molecule has 9 heteroatoms. The number of halogens is 2. The molecule has 1 aromatic heterocycles. The van der Waals surface area contributed by atoms with Crippen molar-refractivity contribution in [2.24, 2.45) is 5.84 Å². The molecule has 0 spiro atoms. The lowest BCUT2D eigenvalue weighted by atomic mass is 10.1. The SMILES string of the molecule is NNc1c(F)cc(C(=O)NCc2csc(=O)[nH]2)cc1F. The summed E-state index contributed by atoms with van der Waals surface area (Å²) in [6.07, 6.45) is 0. The topological polar surface area (TPSA) is 100 Å². The maximum atomic E-state index is 13.4. The van der Waals surface area contributed by atoms with Crippen LogP contribution in [0.25, 0.3) is 0 Å². The van der Waals surface area contributed by atoms with Crippen LogP contribution in [0.2, 0.25) is 0 Å². The molecule has 0 bridgehead atoms. The molecule has 2 aromatic rings. The molecule has 0 saturated carbocycles. The fourth-order valence-corrected chi connectivity index (χ4v) is 2.10. The van der Waals surface area contributed by atoms with Gasteiger partial charge < -0.3 is 15.7 Å². The predicted molar refractivity (Wildman–Crippen MR) is 70.3 cm³/mol. The van der Waals surface area contributed by atoms with Gasteiger partial charge in [0, 0.05) is 16.6 Å². The summed E-state index contributed by atoms with van der Waals surface area (Å²) in [4.78, 5) is 24.9. The van der Waals surface area contributed by atoms with Crippen molar-refractivity contribution in [3.05, 3.63) is 50.1 Å². The number of carbonyl (C=O) groups excluding carboxylic acids is 1. The van der Waals surface area contributed by atoms with Crippen LogP contribution in [0.4, 0.5) is 14.5 Å². The minimum atomic E-state index is -0.971. The summed E-state index contributed by atoms with van der Waals surface area (Å²) in [7, 11) is 0. The van der Waals surface area contributed by atoms with Crippen LogP contribution in [0, 0.1) is 11.6 Å². The lowest BCUT2D eigenvalue weighted by Gasteiger charge is -2.07. The van der Waals surface area contributed by atoms with E-state index in [0.717, 1.165) is 23.5 Å². The third-order valence-corrected chi connectivity index (χ3v) is 3.18. The first-order valence-corrected chi connectivity index (χ1v) is 6.29. The van der Waals surface area contributed by atoms with Gasteiger partial charge in [-0.1, -0.05) is 11.3 Å². The normalized spacial score (nSPS) is 10.3. The standard InChI is InChI=1S/C11H10F2N4O2S/c12-7-1-5(2-8(13)9(7)17-14)10(18)15-3-6-4-20-11(19)16-6/h1-2,4,17H,3,14H2,(H,15,18)(H,16,19). The average molecular weight is 300 g/mol. The van der Waals surface area contributed by atoms with Gasteiger partial charge in [0.05, 0.1) is 6.54 Å². The zero-order valence-corrected chi connectivity index (χ0v) is 10.8. The number of hydrogen-bond acceptors (Lipinski definition) is 5. The van der Waals surface area contributed by atoms with Gasteiger partial charge in [-0.15, -0.1) is 0 Å². The van der Waals surface area contributed by atoms with E-state index >= 15 is 0 Å². The van der Waals surface area contributed by atoms with Crippen molar-refractivity contribution in [1.82, 2.24) is 10.3 Å². The first-order chi connectivity index (χ1) is 9.51. The zero-order chi connectivity index (χ0) is 14.7. The fourth-order valence-electron chi connectivity index (χ4n) is 1.52. The van der Waals surface area contributed by atoms with Gasteiger partial charge in [-0.2, -0.15) is 0 Å². The van der Waals surface area contributed by atoms with Crippen LogP contribution in [0.3, 0.4) is 0 Å². The van der Waals surface area contributed by atoms with Crippen LogP contribution < -0.4 is 21.5 Å². The number of thiazole rings is 1. The molecule has 0 aliphatic carbocycles. The highest BCUT2D eigenvalue weighted by Crippen LogP contribution is 2.19. The highest BCUT2D eigenvalue weighted by Gasteiger charge is 2.14. The second kappa shape index (κ2) is 5.80. The van der Waals surface area contributed by atoms with Crippen LogP contribution in [0.5, 0.6) is 0 Å². The van der Waals surface area contributed by atoms with Crippen molar-refractivity contribution < 1.29 is 13.6 Å². The van der Waals surface area contributed by atoms with E-state index in [1.165, 1.54) is 0 Å².